The molecule has 2 aromatic rings. The van der Waals surface area contributed by atoms with Crippen LogP contribution >= 0.6 is 0 Å². The highest BCUT2D eigenvalue weighted by atomic mass is 19.1. The van der Waals surface area contributed by atoms with Gasteiger partial charge in [0.1, 0.15) is 5.82 Å². The topological polar surface area (TPSA) is 62.7 Å². The lowest BCUT2D eigenvalue weighted by atomic mass is 10.2. The fourth-order valence-electron chi connectivity index (χ4n) is 1.54. The molecule has 0 atom stereocenters. The zero-order valence-corrected chi connectivity index (χ0v) is 10.9. The Morgan fingerprint density at radius 3 is 2.79 bits per heavy atom. The minimum absolute atomic E-state index is 0.226. The Hall–Kier alpha value is -2.24. The maximum absolute atomic E-state index is 13.4. The normalized spacial score (nSPS) is 10.5. The molecule has 2 rings (SSSR count). The Kier molecular flexibility index (Phi) is 4.22. The summed E-state index contributed by atoms with van der Waals surface area (Å²) >= 11 is 0. The summed E-state index contributed by atoms with van der Waals surface area (Å²) in [6.07, 6.45) is 1.51. The van der Waals surface area contributed by atoms with E-state index in [1.54, 1.807) is 18.2 Å². The van der Waals surface area contributed by atoms with Crippen LogP contribution in [0.3, 0.4) is 0 Å². The molecule has 5 nitrogen and oxygen atoms in total. The van der Waals surface area contributed by atoms with Crippen molar-refractivity contribution in [3.05, 3.63) is 41.8 Å². The first-order valence-corrected chi connectivity index (χ1v) is 6.08. The molecule has 19 heavy (non-hydrogen) atoms. The second-order valence-electron chi connectivity index (χ2n) is 4.41. The van der Waals surface area contributed by atoms with Crippen LogP contribution in [0.2, 0.25) is 0 Å². The zero-order valence-electron chi connectivity index (χ0n) is 10.9. The predicted molar refractivity (Wildman–Crippen MR) is 72.3 cm³/mol. The summed E-state index contributed by atoms with van der Waals surface area (Å²) in [7, 11) is 0. The third-order valence-electron chi connectivity index (χ3n) is 2.39. The van der Waals surface area contributed by atoms with Crippen molar-refractivity contribution in [3.63, 3.8) is 0 Å². The molecule has 100 valence electrons. The van der Waals surface area contributed by atoms with E-state index in [0.717, 1.165) is 0 Å². The molecule has 0 spiro atoms. The molecule has 0 saturated carbocycles. The van der Waals surface area contributed by atoms with E-state index in [4.69, 9.17) is 0 Å². The van der Waals surface area contributed by atoms with Crippen LogP contribution in [0.25, 0.3) is 0 Å². The highest BCUT2D eigenvalue weighted by Crippen LogP contribution is 2.10. The lowest BCUT2D eigenvalue weighted by Crippen LogP contribution is -2.14. The molecule has 0 radical (unpaired) electrons. The Bertz CT molecular complexity index is 544. The maximum Gasteiger partial charge on any atom is 0.244 e. The molecule has 0 unspecified atom stereocenters. The van der Waals surface area contributed by atoms with Gasteiger partial charge in [0.05, 0.1) is 6.20 Å². The van der Waals surface area contributed by atoms with Crippen LogP contribution in [0.1, 0.15) is 19.4 Å². The second kappa shape index (κ2) is 6.08. The Balaban J connectivity index is 2.02. The van der Waals surface area contributed by atoms with Crippen molar-refractivity contribution in [1.82, 2.24) is 15.2 Å². The van der Waals surface area contributed by atoms with Gasteiger partial charge >= 0.3 is 0 Å². The van der Waals surface area contributed by atoms with Gasteiger partial charge in [0.25, 0.3) is 0 Å². The Morgan fingerprint density at radius 2 is 2.05 bits per heavy atom. The summed E-state index contributed by atoms with van der Waals surface area (Å²) in [6.45, 7) is 4.33. The van der Waals surface area contributed by atoms with Crippen molar-refractivity contribution >= 4 is 11.8 Å². The van der Waals surface area contributed by atoms with E-state index >= 15 is 0 Å². The number of nitrogens with one attached hydrogen (secondary N) is 2. The number of anilines is 2. The van der Waals surface area contributed by atoms with Gasteiger partial charge < -0.3 is 10.6 Å². The van der Waals surface area contributed by atoms with Crippen molar-refractivity contribution in [1.29, 1.82) is 0 Å². The van der Waals surface area contributed by atoms with E-state index in [2.05, 4.69) is 25.8 Å². The average molecular weight is 261 g/mol. The lowest BCUT2D eigenvalue weighted by molar-refractivity contribution is 0.613. The first-order valence-electron chi connectivity index (χ1n) is 6.08. The molecular weight excluding hydrogens is 245 g/mol. The van der Waals surface area contributed by atoms with Gasteiger partial charge in [0.15, 0.2) is 5.82 Å². The average Bonchev–Trinajstić information content (AvgIpc) is 2.37. The second-order valence-corrected chi connectivity index (χ2v) is 4.41. The molecule has 0 fully saturated rings. The summed E-state index contributed by atoms with van der Waals surface area (Å²) in [5, 5.41) is 13.8. The first kappa shape index (κ1) is 13.2. The molecule has 0 aliphatic carbocycles. The van der Waals surface area contributed by atoms with Crippen molar-refractivity contribution in [2.45, 2.75) is 26.4 Å². The fourth-order valence-corrected chi connectivity index (χ4v) is 1.54. The first-order chi connectivity index (χ1) is 9.15. The molecule has 2 N–H and O–H groups in total. The van der Waals surface area contributed by atoms with E-state index in [-0.39, 0.29) is 11.9 Å². The molecule has 0 aliphatic rings. The quantitative estimate of drug-likeness (QED) is 0.865. The maximum atomic E-state index is 13.4. The van der Waals surface area contributed by atoms with Crippen LogP contribution in [0, 0.1) is 5.82 Å². The number of nitrogens with zero attached hydrogens (tertiary/aromatic N) is 3. The monoisotopic (exact) mass is 261 g/mol. The van der Waals surface area contributed by atoms with Crippen LogP contribution < -0.4 is 10.6 Å². The zero-order chi connectivity index (χ0) is 13.7. The highest BCUT2D eigenvalue weighted by Gasteiger charge is 2.04. The van der Waals surface area contributed by atoms with Gasteiger partial charge in [0.2, 0.25) is 5.95 Å². The Labute approximate surface area is 111 Å². The van der Waals surface area contributed by atoms with Gasteiger partial charge in [-0.1, -0.05) is 18.2 Å². The smallest absolute Gasteiger partial charge is 0.244 e. The van der Waals surface area contributed by atoms with Gasteiger partial charge in [-0.2, -0.15) is 10.1 Å². The number of hydrogen-bond acceptors (Lipinski definition) is 5. The molecule has 1 aromatic carbocycles. The minimum Gasteiger partial charge on any atom is -0.364 e. The number of halogens is 1. The third kappa shape index (κ3) is 3.87. The molecule has 6 heteroatoms. The number of aromatic nitrogens is 3. The van der Waals surface area contributed by atoms with Crippen molar-refractivity contribution in [3.8, 4) is 0 Å². The van der Waals surface area contributed by atoms with Crippen LogP contribution in [0.5, 0.6) is 0 Å². The Morgan fingerprint density at radius 1 is 1.26 bits per heavy atom. The molecule has 1 aromatic heterocycles. The van der Waals surface area contributed by atoms with Crippen molar-refractivity contribution in [2.75, 3.05) is 10.6 Å². The van der Waals surface area contributed by atoms with Gasteiger partial charge in [-0.3, -0.25) is 0 Å². The van der Waals surface area contributed by atoms with Gasteiger partial charge in [-0.25, -0.2) is 4.39 Å². The van der Waals surface area contributed by atoms with Crippen LogP contribution in [-0.4, -0.2) is 21.2 Å². The van der Waals surface area contributed by atoms with E-state index in [1.807, 2.05) is 13.8 Å². The van der Waals surface area contributed by atoms with E-state index in [1.165, 1.54) is 12.3 Å². The van der Waals surface area contributed by atoms with E-state index < -0.39 is 0 Å². The molecule has 0 saturated heterocycles. The summed E-state index contributed by atoms with van der Waals surface area (Å²) < 4.78 is 13.4. The minimum atomic E-state index is -0.238. The third-order valence-corrected chi connectivity index (χ3v) is 2.39. The van der Waals surface area contributed by atoms with Crippen LogP contribution in [-0.2, 0) is 6.54 Å². The van der Waals surface area contributed by atoms with Crippen LogP contribution in [0.4, 0.5) is 16.2 Å². The number of hydrogen-bond donors (Lipinski definition) is 2. The fraction of sp³-hybridized carbons (Fsp3) is 0.308. The lowest BCUT2D eigenvalue weighted by Gasteiger charge is -2.09. The summed E-state index contributed by atoms with van der Waals surface area (Å²) in [4.78, 5) is 4.24. The summed E-state index contributed by atoms with van der Waals surface area (Å²) in [6, 6.07) is 6.84. The predicted octanol–water partition coefficient (Wildman–Crippen LogP) is 2.44. The largest absolute Gasteiger partial charge is 0.364 e. The molecule has 0 bridgehead atoms. The van der Waals surface area contributed by atoms with Gasteiger partial charge in [0, 0.05) is 18.2 Å². The molecular formula is C13H16FN5. The highest BCUT2D eigenvalue weighted by molar-refractivity contribution is 5.38. The van der Waals surface area contributed by atoms with Crippen LogP contribution in [0.15, 0.2) is 30.5 Å². The van der Waals surface area contributed by atoms with Crippen molar-refractivity contribution < 1.29 is 4.39 Å². The van der Waals surface area contributed by atoms with E-state index in [0.29, 0.717) is 23.9 Å². The van der Waals surface area contributed by atoms with Gasteiger partial charge in [-0.05, 0) is 19.9 Å². The summed E-state index contributed by atoms with van der Waals surface area (Å²) in [5.74, 6) is 0.771. The molecule has 1 heterocycles. The number of rotatable bonds is 5. The van der Waals surface area contributed by atoms with Crippen molar-refractivity contribution in [2.24, 2.45) is 0 Å². The van der Waals surface area contributed by atoms with E-state index in [9.17, 15) is 4.39 Å². The SMILES string of the molecule is CC(C)Nc1nncc(NCc2ccccc2F)n1. The number of benzene rings is 1. The standard InChI is InChI=1S/C13H16FN5/c1-9(2)17-13-18-12(8-16-19-13)15-7-10-5-3-4-6-11(10)14/h3-6,8-9H,7H2,1-2H3,(H2,15,17,18,19). The molecule has 0 amide bonds. The summed E-state index contributed by atoms with van der Waals surface area (Å²) in [5.41, 5.74) is 0.583. The van der Waals surface area contributed by atoms with Gasteiger partial charge in [-0.15, -0.1) is 5.10 Å². The molecule has 0 aliphatic heterocycles.